The Morgan fingerprint density at radius 1 is 1.08 bits per heavy atom. The highest BCUT2D eigenvalue weighted by Crippen LogP contribution is 2.11. The minimum absolute atomic E-state index is 0.188. The second kappa shape index (κ2) is 9.67. The Balaban J connectivity index is 1.82. The van der Waals surface area contributed by atoms with E-state index in [0.29, 0.717) is 17.9 Å². The van der Waals surface area contributed by atoms with Crippen LogP contribution in [0.15, 0.2) is 47.5 Å². The van der Waals surface area contributed by atoms with Gasteiger partial charge in [-0.2, -0.15) is 0 Å². The molecule has 0 heterocycles. The van der Waals surface area contributed by atoms with Gasteiger partial charge in [-0.25, -0.2) is 9.38 Å². The predicted molar refractivity (Wildman–Crippen MR) is 100 cm³/mol. The number of halogens is 1. The van der Waals surface area contributed by atoms with Crippen LogP contribution in [0.4, 0.5) is 4.39 Å². The van der Waals surface area contributed by atoms with E-state index in [2.05, 4.69) is 15.6 Å². The number of rotatable bonds is 7. The van der Waals surface area contributed by atoms with Crippen molar-refractivity contribution in [2.45, 2.75) is 33.2 Å². The third-order valence-electron chi connectivity index (χ3n) is 3.86. The Morgan fingerprint density at radius 3 is 2.48 bits per heavy atom. The van der Waals surface area contributed by atoms with Crippen molar-refractivity contribution in [3.05, 3.63) is 65.0 Å². The number of nitrogens with one attached hydrogen (secondary N) is 2. The molecule has 5 heteroatoms. The molecule has 0 amide bonds. The maximum Gasteiger partial charge on any atom is 0.191 e. The molecular formula is C20H26FN3O. The van der Waals surface area contributed by atoms with Crippen LogP contribution in [0.3, 0.4) is 0 Å². The molecule has 0 saturated carbocycles. The largest absolute Gasteiger partial charge is 0.508 e. The van der Waals surface area contributed by atoms with Crippen LogP contribution < -0.4 is 10.6 Å². The number of benzene rings is 2. The van der Waals surface area contributed by atoms with Gasteiger partial charge < -0.3 is 15.7 Å². The van der Waals surface area contributed by atoms with Gasteiger partial charge in [0.25, 0.3) is 0 Å². The van der Waals surface area contributed by atoms with Gasteiger partial charge in [-0.3, -0.25) is 0 Å². The summed E-state index contributed by atoms with van der Waals surface area (Å²) in [6, 6.07) is 12.4. The third-order valence-corrected chi connectivity index (χ3v) is 3.86. The number of aliphatic imine (C=N–C) groups is 1. The molecule has 0 aliphatic rings. The van der Waals surface area contributed by atoms with Gasteiger partial charge in [0.1, 0.15) is 11.6 Å². The summed E-state index contributed by atoms with van der Waals surface area (Å²) in [4.78, 5) is 4.55. The zero-order valence-electron chi connectivity index (χ0n) is 14.8. The first-order valence-corrected chi connectivity index (χ1v) is 8.63. The van der Waals surface area contributed by atoms with Crippen molar-refractivity contribution in [1.82, 2.24) is 10.6 Å². The van der Waals surface area contributed by atoms with Crippen molar-refractivity contribution in [1.29, 1.82) is 0 Å². The average Bonchev–Trinajstić information content (AvgIpc) is 2.61. The van der Waals surface area contributed by atoms with E-state index < -0.39 is 0 Å². The van der Waals surface area contributed by atoms with Crippen molar-refractivity contribution in [2.75, 3.05) is 13.1 Å². The molecule has 25 heavy (non-hydrogen) atoms. The molecule has 0 aliphatic carbocycles. The summed E-state index contributed by atoms with van der Waals surface area (Å²) < 4.78 is 13.3. The van der Waals surface area contributed by atoms with E-state index in [1.807, 2.05) is 25.1 Å². The minimum Gasteiger partial charge on any atom is -0.508 e. The van der Waals surface area contributed by atoms with Gasteiger partial charge >= 0.3 is 0 Å². The number of hydrogen-bond acceptors (Lipinski definition) is 2. The van der Waals surface area contributed by atoms with Crippen LogP contribution in [-0.2, 0) is 13.0 Å². The Bertz CT molecular complexity index is 699. The van der Waals surface area contributed by atoms with Crippen molar-refractivity contribution >= 4 is 5.96 Å². The molecule has 2 aromatic rings. The normalized spacial score (nSPS) is 11.4. The van der Waals surface area contributed by atoms with E-state index in [1.165, 1.54) is 11.6 Å². The first-order valence-electron chi connectivity index (χ1n) is 8.63. The highest BCUT2D eigenvalue weighted by molar-refractivity contribution is 5.79. The van der Waals surface area contributed by atoms with Gasteiger partial charge in [0.05, 0.1) is 6.54 Å². The van der Waals surface area contributed by atoms with Crippen LogP contribution in [0.1, 0.15) is 30.0 Å². The molecule has 2 rings (SSSR count). The lowest BCUT2D eigenvalue weighted by Crippen LogP contribution is -2.37. The smallest absolute Gasteiger partial charge is 0.191 e. The number of phenolic OH excluding ortho intramolecular Hbond substituents is 1. The zero-order valence-corrected chi connectivity index (χ0v) is 14.8. The fraction of sp³-hybridized carbons (Fsp3) is 0.350. The summed E-state index contributed by atoms with van der Waals surface area (Å²) >= 11 is 0. The summed E-state index contributed by atoms with van der Waals surface area (Å²) in [6.45, 7) is 5.88. The maximum absolute atomic E-state index is 13.3. The Hall–Kier alpha value is -2.56. The first kappa shape index (κ1) is 18.8. The SMILES string of the molecule is CCNC(=NCc1ccc(F)c(C)c1)NCCCc1ccc(O)cc1. The Labute approximate surface area is 148 Å². The molecular weight excluding hydrogens is 317 g/mol. The lowest BCUT2D eigenvalue weighted by molar-refractivity contribution is 0.475. The van der Waals surface area contributed by atoms with Crippen molar-refractivity contribution in [3.63, 3.8) is 0 Å². The summed E-state index contributed by atoms with van der Waals surface area (Å²) in [5.41, 5.74) is 2.82. The number of phenols is 1. The summed E-state index contributed by atoms with van der Waals surface area (Å²) in [5.74, 6) is 0.863. The van der Waals surface area contributed by atoms with Crippen LogP contribution in [0, 0.1) is 12.7 Å². The molecule has 0 spiro atoms. The van der Waals surface area contributed by atoms with E-state index in [-0.39, 0.29) is 5.82 Å². The Kier molecular flexibility index (Phi) is 7.26. The molecule has 0 aromatic heterocycles. The molecule has 0 fully saturated rings. The number of guanidine groups is 1. The van der Waals surface area contributed by atoms with E-state index in [9.17, 15) is 9.50 Å². The molecule has 134 valence electrons. The second-order valence-corrected chi connectivity index (χ2v) is 5.98. The quantitative estimate of drug-likeness (QED) is 0.409. The van der Waals surface area contributed by atoms with E-state index in [1.54, 1.807) is 25.1 Å². The fourth-order valence-electron chi connectivity index (χ4n) is 2.48. The molecule has 3 N–H and O–H groups in total. The fourth-order valence-corrected chi connectivity index (χ4v) is 2.48. The maximum atomic E-state index is 13.3. The van der Waals surface area contributed by atoms with Crippen LogP contribution >= 0.6 is 0 Å². The van der Waals surface area contributed by atoms with Gasteiger partial charge in [0.2, 0.25) is 0 Å². The third kappa shape index (κ3) is 6.45. The van der Waals surface area contributed by atoms with Crippen LogP contribution in [0.2, 0.25) is 0 Å². The number of nitrogens with zero attached hydrogens (tertiary/aromatic N) is 1. The monoisotopic (exact) mass is 343 g/mol. The standard InChI is InChI=1S/C20H26FN3O/c1-3-22-20(24-14-17-8-11-19(21)15(2)13-17)23-12-4-5-16-6-9-18(25)10-7-16/h6-11,13,25H,3-5,12,14H2,1-2H3,(H2,22,23,24). The van der Waals surface area contributed by atoms with E-state index >= 15 is 0 Å². The topological polar surface area (TPSA) is 56.7 Å². The molecule has 0 aliphatic heterocycles. The molecule has 4 nitrogen and oxygen atoms in total. The van der Waals surface area contributed by atoms with Gasteiger partial charge in [0.15, 0.2) is 5.96 Å². The molecule has 0 unspecified atom stereocenters. The minimum atomic E-state index is -0.188. The number of hydrogen-bond donors (Lipinski definition) is 3. The summed E-state index contributed by atoms with van der Waals surface area (Å²) in [7, 11) is 0. The molecule has 0 saturated heterocycles. The summed E-state index contributed by atoms with van der Waals surface area (Å²) in [5, 5.41) is 15.8. The highest BCUT2D eigenvalue weighted by Gasteiger charge is 2.01. The van der Waals surface area contributed by atoms with E-state index in [4.69, 9.17) is 0 Å². The van der Waals surface area contributed by atoms with Crippen molar-refractivity contribution in [3.8, 4) is 5.75 Å². The molecule has 0 radical (unpaired) electrons. The van der Waals surface area contributed by atoms with Crippen molar-refractivity contribution < 1.29 is 9.50 Å². The molecule has 0 atom stereocenters. The number of aryl methyl sites for hydroxylation is 2. The van der Waals surface area contributed by atoms with Gasteiger partial charge in [-0.05, 0) is 61.6 Å². The first-order chi connectivity index (χ1) is 12.1. The predicted octanol–water partition coefficient (Wildman–Crippen LogP) is 3.53. The number of aromatic hydroxyl groups is 1. The van der Waals surface area contributed by atoms with E-state index in [0.717, 1.165) is 37.5 Å². The lowest BCUT2D eigenvalue weighted by Gasteiger charge is -2.11. The average molecular weight is 343 g/mol. The van der Waals surface area contributed by atoms with Crippen molar-refractivity contribution in [2.24, 2.45) is 4.99 Å². The molecule has 2 aromatic carbocycles. The Morgan fingerprint density at radius 2 is 1.80 bits per heavy atom. The zero-order chi connectivity index (χ0) is 18.1. The van der Waals surface area contributed by atoms with Gasteiger partial charge in [-0.15, -0.1) is 0 Å². The van der Waals surface area contributed by atoms with Crippen LogP contribution in [0.5, 0.6) is 5.75 Å². The van der Waals surface area contributed by atoms with Gasteiger partial charge in [0, 0.05) is 13.1 Å². The van der Waals surface area contributed by atoms with Crippen LogP contribution in [-0.4, -0.2) is 24.2 Å². The highest BCUT2D eigenvalue weighted by atomic mass is 19.1. The molecule has 0 bridgehead atoms. The lowest BCUT2D eigenvalue weighted by atomic mass is 10.1. The summed E-state index contributed by atoms with van der Waals surface area (Å²) in [6.07, 6.45) is 1.90. The second-order valence-electron chi connectivity index (χ2n) is 5.98. The van der Waals surface area contributed by atoms with Gasteiger partial charge in [-0.1, -0.05) is 24.3 Å². The van der Waals surface area contributed by atoms with Crippen LogP contribution in [0.25, 0.3) is 0 Å².